The van der Waals surface area contributed by atoms with Crippen LogP contribution >= 0.6 is 15.9 Å². The van der Waals surface area contributed by atoms with Crippen LogP contribution in [0.4, 0.5) is 0 Å². The maximum atomic E-state index is 11.1. The zero-order chi connectivity index (χ0) is 8.32. The molecule has 1 rings (SSSR count). The van der Waals surface area contributed by atoms with Crippen molar-refractivity contribution in [2.75, 3.05) is 5.33 Å². The fraction of sp³-hybridized carbons (Fsp3) is 0.889. The second-order valence-electron chi connectivity index (χ2n) is 3.48. The lowest BCUT2D eigenvalue weighted by Gasteiger charge is -2.09. The van der Waals surface area contributed by atoms with E-state index in [1.807, 2.05) is 0 Å². The minimum absolute atomic E-state index is 0.141. The molecule has 1 saturated carbocycles. The summed E-state index contributed by atoms with van der Waals surface area (Å²) < 4.78 is 0. The topological polar surface area (TPSA) is 17.1 Å². The van der Waals surface area contributed by atoms with Gasteiger partial charge in [0.2, 0.25) is 0 Å². The zero-order valence-electron chi connectivity index (χ0n) is 7.03. The van der Waals surface area contributed by atoms with Gasteiger partial charge in [0.05, 0.1) is 0 Å². The SMILES string of the molecule is CC(=O)C1(CCCCBr)CC1. The number of carbonyl (C=O) groups excluding carboxylic acids is 1. The Hall–Kier alpha value is 0.150. The molecular formula is C9H15BrO. The van der Waals surface area contributed by atoms with Crippen LogP contribution in [0.25, 0.3) is 0 Å². The van der Waals surface area contributed by atoms with Crippen molar-refractivity contribution in [3.63, 3.8) is 0 Å². The first-order chi connectivity index (χ1) is 5.21. The van der Waals surface area contributed by atoms with Crippen LogP contribution in [-0.2, 0) is 4.79 Å². The summed E-state index contributed by atoms with van der Waals surface area (Å²) in [6, 6.07) is 0. The Labute approximate surface area is 76.7 Å². The highest BCUT2D eigenvalue weighted by atomic mass is 79.9. The van der Waals surface area contributed by atoms with Crippen molar-refractivity contribution in [2.45, 2.75) is 39.0 Å². The summed E-state index contributed by atoms with van der Waals surface area (Å²) in [5.74, 6) is 0.409. The molecule has 0 aromatic carbocycles. The molecule has 0 N–H and O–H groups in total. The fourth-order valence-corrected chi connectivity index (χ4v) is 1.88. The van der Waals surface area contributed by atoms with Gasteiger partial charge in [-0.05, 0) is 32.6 Å². The number of rotatable bonds is 5. The summed E-state index contributed by atoms with van der Waals surface area (Å²) >= 11 is 3.39. The molecule has 0 atom stereocenters. The predicted octanol–water partition coefficient (Wildman–Crippen LogP) is 2.92. The Kier molecular flexibility index (Phi) is 3.11. The third-order valence-corrected chi connectivity index (χ3v) is 3.20. The summed E-state index contributed by atoms with van der Waals surface area (Å²) in [4.78, 5) is 11.1. The number of alkyl halides is 1. The van der Waals surface area contributed by atoms with Gasteiger partial charge in [-0.3, -0.25) is 4.79 Å². The van der Waals surface area contributed by atoms with Gasteiger partial charge in [-0.15, -0.1) is 0 Å². The summed E-state index contributed by atoms with van der Waals surface area (Å²) in [5, 5.41) is 1.07. The number of ketones is 1. The van der Waals surface area contributed by atoms with Gasteiger partial charge in [-0.2, -0.15) is 0 Å². The van der Waals surface area contributed by atoms with Gasteiger partial charge in [0, 0.05) is 10.7 Å². The van der Waals surface area contributed by atoms with Crippen molar-refractivity contribution < 1.29 is 4.79 Å². The van der Waals surface area contributed by atoms with E-state index in [1.165, 1.54) is 12.8 Å². The van der Waals surface area contributed by atoms with Gasteiger partial charge >= 0.3 is 0 Å². The maximum Gasteiger partial charge on any atom is 0.135 e. The van der Waals surface area contributed by atoms with Crippen molar-refractivity contribution in [1.29, 1.82) is 0 Å². The lowest BCUT2D eigenvalue weighted by atomic mass is 9.95. The van der Waals surface area contributed by atoms with E-state index >= 15 is 0 Å². The zero-order valence-corrected chi connectivity index (χ0v) is 8.61. The maximum absolute atomic E-state index is 11.1. The van der Waals surface area contributed by atoms with Crippen molar-refractivity contribution >= 4 is 21.7 Å². The summed E-state index contributed by atoms with van der Waals surface area (Å²) in [5.41, 5.74) is 0.141. The van der Waals surface area contributed by atoms with E-state index in [4.69, 9.17) is 0 Å². The number of hydrogen-bond acceptors (Lipinski definition) is 1. The van der Waals surface area contributed by atoms with Crippen molar-refractivity contribution in [2.24, 2.45) is 5.41 Å². The highest BCUT2D eigenvalue weighted by Gasteiger charge is 2.45. The summed E-state index contributed by atoms with van der Waals surface area (Å²) in [6.45, 7) is 1.74. The molecular weight excluding hydrogens is 204 g/mol. The second kappa shape index (κ2) is 3.70. The van der Waals surface area contributed by atoms with Crippen LogP contribution in [-0.4, -0.2) is 11.1 Å². The highest BCUT2D eigenvalue weighted by molar-refractivity contribution is 9.09. The Morgan fingerprint density at radius 2 is 2.09 bits per heavy atom. The van der Waals surface area contributed by atoms with Crippen LogP contribution < -0.4 is 0 Å². The second-order valence-corrected chi connectivity index (χ2v) is 4.28. The molecule has 0 bridgehead atoms. The molecule has 1 aliphatic rings. The number of Topliss-reactive ketones (excluding diaryl/α,β-unsaturated/α-hetero) is 1. The number of hydrogen-bond donors (Lipinski definition) is 0. The molecule has 0 saturated heterocycles. The van der Waals surface area contributed by atoms with E-state index in [0.29, 0.717) is 5.78 Å². The van der Waals surface area contributed by atoms with Crippen molar-refractivity contribution in [3.05, 3.63) is 0 Å². The Morgan fingerprint density at radius 3 is 2.45 bits per heavy atom. The third-order valence-electron chi connectivity index (χ3n) is 2.64. The molecule has 0 amide bonds. The molecule has 64 valence electrons. The summed E-state index contributed by atoms with van der Waals surface area (Å²) in [6.07, 6.45) is 5.81. The van der Waals surface area contributed by atoms with Gasteiger partial charge < -0.3 is 0 Å². The van der Waals surface area contributed by atoms with Crippen LogP contribution in [0.1, 0.15) is 39.0 Å². The van der Waals surface area contributed by atoms with E-state index in [2.05, 4.69) is 15.9 Å². The van der Waals surface area contributed by atoms with E-state index in [0.717, 1.165) is 24.6 Å². The monoisotopic (exact) mass is 218 g/mol. The molecule has 1 fully saturated rings. The number of unbranched alkanes of at least 4 members (excludes halogenated alkanes) is 1. The minimum atomic E-state index is 0.141. The Morgan fingerprint density at radius 1 is 1.45 bits per heavy atom. The molecule has 0 heterocycles. The molecule has 0 radical (unpaired) electrons. The molecule has 2 heteroatoms. The Balaban J connectivity index is 2.20. The van der Waals surface area contributed by atoms with Crippen LogP contribution in [0.15, 0.2) is 0 Å². The molecule has 1 aliphatic carbocycles. The molecule has 0 aromatic heterocycles. The van der Waals surface area contributed by atoms with Gasteiger partial charge in [0.15, 0.2) is 0 Å². The fourth-order valence-electron chi connectivity index (χ4n) is 1.49. The average molecular weight is 219 g/mol. The standard InChI is InChI=1S/C9H15BrO/c1-8(11)9(5-6-9)4-2-3-7-10/h2-7H2,1H3. The number of carbonyl (C=O) groups is 1. The molecule has 0 aliphatic heterocycles. The molecule has 1 nitrogen and oxygen atoms in total. The van der Waals surface area contributed by atoms with E-state index < -0.39 is 0 Å². The first-order valence-electron chi connectivity index (χ1n) is 4.28. The summed E-state index contributed by atoms with van der Waals surface area (Å²) in [7, 11) is 0. The van der Waals surface area contributed by atoms with Gasteiger partial charge in [-0.25, -0.2) is 0 Å². The van der Waals surface area contributed by atoms with Crippen molar-refractivity contribution in [1.82, 2.24) is 0 Å². The van der Waals surface area contributed by atoms with E-state index in [-0.39, 0.29) is 5.41 Å². The van der Waals surface area contributed by atoms with Crippen LogP contribution in [0.5, 0.6) is 0 Å². The highest BCUT2D eigenvalue weighted by Crippen LogP contribution is 2.50. The molecule has 0 aromatic rings. The normalized spacial score (nSPS) is 19.8. The lowest BCUT2D eigenvalue weighted by molar-refractivity contribution is -0.122. The van der Waals surface area contributed by atoms with Gasteiger partial charge in [0.1, 0.15) is 5.78 Å². The Bertz CT molecular complexity index is 150. The largest absolute Gasteiger partial charge is 0.299 e. The molecule has 0 unspecified atom stereocenters. The average Bonchev–Trinajstić information content (AvgIpc) is 2.70. The number of halogens is 1. The molecule has 0 spiro atoms. The van der Waals surface area contributed by atoms with Crippen LogP contribution in [0.2, 0.25) is 0 Å². The van der Waals surface area contributed by atoms with E-state index in [9.17, 15) is 4.79 Å². The van der Waals surface area contributed by atoms with E-state index in [1.54, 1.807) is 6.92 Å². The van der Waals surface area contributed by atoms with Gasteiger partial charge in [-0.1, -0.05) is 22.4 Å². The van der Waals surface area contributed by atoms with Crippen LogP contribution in [0, 0.1) is 5.41 Å². The molecule has 11 heavy (non-hydrogen) atoms. The predicted molar refractivity (Wildman–Crippen MR) is 50.0 cm³/mol. The van der Waals surface area contributed by atoms with Crippen LogP contribution in [0.3, 0.4) is 0 Å². The lowest BCUT2D eigenvalue weighted by Crippen LogP contribution is -2.11. The quantitative estimate of drug-likeness (QED) is 0.513. The van der Waals surface area contributed by atoms with Gasteiger partial charge in [0.25, 0.3) is 0 Å². The minimum Gasteiger partial charge on any atom is -0.299 e. The third kappa shape index (κ3) is 2.29. The smallest absolute Gasteiger partial charge is 0.135 e. The first kappa shape index (κ1) is 9.24. The van der Waals surface area contributed by atoms with Crippen molar-refractivity contribution in [3.8, 4) is 0 Å². The first-order valence-corrected chi connectivity index (χ1v) is 5.40.